The summed E-state index contributed by atoms with van der Waals surface area (Å²) < 4.78 is 8.04. The minimum atomic E-state index is -0.286. The number of benzene rings is 14. The quantitative estimate of drug-likeness (QED) is 0.0671. The normalized spacial score (nSPS) is 21.9. The first-order valence-corrected chi connectivity index (χ1v) is 52.2. The molecule has 7 nitrogen and oxygen atoms in total. The van der Waals surface area contributed by atoms with Gasteiger partial charge in [0.15, 0.2) is 0 Å². The third-order valence-corrected chi connectivity index (χ3v) is 37.6. The van der Waals surface area contributed by atoms with Gasteiger partial charge in [-0.3, -0.25) is 0 Å². The molecule has 17 aromatic rings. The number of nitrogens with zero attached hydrogens (tertiary/aromatic N) is 7. The second-order valence-electron chi connectivity index (χ2n) is 47.5. The Morgan fingerprint density at radius 1 is 0.355 bits per heavy atom. The van der Waals surface area contributed by atoms with Crippen molar-refractivity contribution in [1.82, 2.24) is 13.7 Å². The van der Waals surface area contributed by atoms with Gasteiger partial charge in [0.1, 0.15) is 0 Å². The molecular formula is C128H122B3N7. The molecule has 7 atom stereocenters. The van der Waals surface area contributed by atoms with Crippen molar-refractivity contribution in [2.24, 2.45) is 11.8 Å². The van der Waals surface area contributed by atoms with Crippen LogP contribution in [0.1, 0.15) is 212 Å². The van der Waals surface area contributed by atoms with Crippen molar-refractivity contribution in [3.8, 4) is 50.8 Å². The molecule has 28 rings (SSSR count). The number of rotatable bonds is 17. The SMILES string of the molecule is CCCCCCC1(C)Cc2cc(C(C)(C)CC3CCC4(C)c5cc(C(C)(C)CC6CCC7(C)c8cc(C(C)(C)C)cc9c8N(c8cccc%10c8B9c8cccc9cc(-c%11ccccc%11)n-%10c89)C7(C)C6)cc6c5N(c5cc(C)cc7c5B6c5cccc6cc(-c8ccccc8)n-7c56)C4(C)C3)cc3c2N1c1cc(N(c2ccccc2)c2ccccc2)cc2c1B3c1cccc3cc(-c4ccccc4)n-2c13. The number of hydrogen-bond acceptors (Lipinski definition) is 4. The van der Waals surface area contributed by atoms with Crippen LogP contribution in [0, 0.1) is 18.8 Å². The van der Waals surface area contributed by atoms with Crippen LogP contribution in [0.2, 0.25) is 0 Å². The average Bonchev–Trinajstić information content (AvgIpc) is 1.49. The van der Waals surface area contributed by atoms with E-state index in [0.717, 1.165) is 62.7 Å². The lowest BCUT2D eigenvalue weighted by molar-refractivity contribution is 0.126. The Kier molecular flexibility index (Phi) is 17.4. The van der Waals surface area contributed by atoms with E-state index in [1.807, 2.05) is 0 Å². The average molecular weight is 1790 g/mol. The van der Waals surface area contributed by atoms with Crippen LogP contribution < -0.4 is 68.8 Å². The molecule has 0 radical (unpaired) electrons. The monoisotopic (exact) mass is 1790 g/mol. The Morgan fingerprint density at radius 3 is 1.24 bits per heavy atom. The molecule has 0 spiro atoms. The van der Waals surface area contributed by atoms with E-state index >= 15 is 0 Å². The first-order valence-electron chi connectivity index (χ1n) is 52.2. The molecule has 0 N–H and O–H groups in total. The highest BCUT2D eigenvalue weighted by molar-refractivity contribution is 7.02. The number of para-hydroxylation sites is 5. The zero-order valence-corrected chi connectivity index (χ0v) is 82.8. The number of hydrogen-bond donors (Lipinski definition) is 0. The fourth-order valence-electron chi connectivity index (χ4n) is 30.9. The molecule has 0 amide bonds. The molecule has 678 valence electrons. The Hall–Kier alpha value is -12.9. The molecule has 2 aliphatic carbocycles. The first-order chi connectivity index (χ1) is 66.7. The summed E-state index contributed by atoms with van der Waals surface area (Å²) in [5.74, 6) is 0.898. The summed E-state index contributed by atoms with van der Waals surface area (Å²) in [6.45, 7) is 36.6. The van der Waals surface area contributed by atoms with Crippen LogP contribution in [-0.2, 0) is 33.5 Å². The van der Waals surface area contributed by atoms with E-state index in [0.29, 0.717) is 11.8 Å². The van der Waals surface area contributed by atoms with E-state index in [2.05, 4.69) is 434 Å². The summed E-state index contributed by atoms with van der Waals surface area (Å²) in [7, 11) is 0. The molecule has 2 fully saturated rings. The molecule has 2 saturated carbocycles. The van der Waals surface area contributed by atoms with Crippen molar-refractivity contribution in [1.29, 1.82) is 0 Å². The summed E-state index contributed by atoms with van der Waals surface area (Å²) in [4.78, 5) is 11.5. The molecule has 11 aliphatic rings. The van der Waals surface area contributed by atoms with Crippen molar-refractivity contribution < 1.29 is 0 Å². The topological polar surface area (TPSA) is 27.8 Å². The number of aromatic nitrogens is 3. The lowest BCUT2D eigenvalue weighted by Crippen LogP contribution is -2.64. The van der Waals surface area contributed by atoms with Gasteiger partial charge in [-0.25, -0.2) is 0 Å². The van der Waals surface area contributed by atoms with E-state index < -0.39 is 0 Å². The Morgan fingerprint density at radius 2 is 0.754 bits per heavy atom. The van der Waals surface area contributed by atoms with Gasteiger partial charge in [0.2, 0.25) is 0 Å². The number of aryl methyl sites for hydroxylation is 1. The predicted octanol–water partition coefficient (Wildman–Crippen LogP) is 26.1. The number of fused-ring (bicyclic) bond motifs is 18. The van der Waals surface area contributed by atoms with Crippen molar-refractivity contribution in [2.75, 3.05) is 19.6 Å². The largest absolute Gasteiger partial charge is 0.336 e. The summed E-state index contributed by atoms with van der Waals surface area (Å²) >= 11 is 0. The van der Waals surface area contributed by atoms with Crippen LogP contribution in [-0.4, -0.2) is 50.5 Å². The van der Waals surface area contributed by atoms with Crippen LogP contribution in [0.5, 0.6) is 0 Å². The molecule has 0 saturated heterocycles. The Balaban J connectivity index is 0.574. The first kappa shape index (κ1) is 83.3. The molecule has 3 aromatic heterocycles. The van der Waals surface area contributed by atoms with E-state index in [1.54, 1.807) is 11.1 Å². The van der Waals surface area contributed by atoms with Crippen LogP contribution in [0.15, 0.2) is 303 Å². The molecule has 10 heteroatoms. The van der Waals surface area contributed by atoms with Crippen molar-refractivity contribution >= 4 is 153 Å². The molecular weight excluding hydrogens is 1670 g/mol. The van der Waals surface area contributed by atoms with Crippen LogP contribution in [0.25, 0.3) is 83.5 Å². The smallest absolute Gasteiger partial charge is 0.252 e. The summed E-state index contributed by atoms with van der Waals surface area (Å²) in [6, 6.07) is 120. The molecule has 9 aliphatic heterocycles. The number of unbranched alkanes of at least 4 members (excludes halogenated alkanes) is 3. The van der Waals surface area contributed by atoms with Gasteiger partial charge in [0, 0.05) is 112 Å². The second kappa shape index (κ2) is 28.9. The molecule has 14 aromatic carbocycles. The summed E-state index contributed by atoms with van der Waals surface area (Å²) in [6.07, 6.45) is 16.0. The minimum Gasteiger partial charge on any atom is -0.336 e. The molecule has 0 bridgehead atoms. The highest BCUT2D eigenvalue weighted by atomic mass is 15.3. The standard InChI is InChI=1S/C128H122B3N7/c1-15-16-17-33-58-124(10)78-88-63-90(70-100-118(88)136(124)111-73-94(132(92-47-29-21-30-48-92)93-49-31-22-32-50-93)72-109-114(111)129(100)98-52-35-46-87-66-107(135(109)117(87)98)84-42-27-20-28-43-84)122(6,7)74-80-57-60-126(12)96-68-91(71-102-120(96)138(128(126,14)77-80)110-62-79(2)61-108-113(110)131(102)99-53-36-45-86-65-106(134(108)116(86)99)83-40-25-19-26-41-83)123(8,9)75-81-56-59-125(11)95-67-89(121(3,4)5)69-101-119(95)137(127(125,13)76-81)104-55-37-54-103-112(104)130(101)97-51-34-44-85-64-105(133(103)115(85)97)82-38-23-18-24-39-82/h18-32,34-55,61-73,80-81H,15-17,33,56-60,74-78H2,1-14H3. The van der Waals surface area contributed by atoms with Gasteiger partial charge in [0.05, 0.1) is 33.8 Å². The third-order valence-electron chi connectivity index (χ3n) is 37.6. The summed E-state index contributed by atoms with van der Waals surface area (Å²) in [5.41, 5.74) is 49.8. The van der Waals surface area contributed by atoms with Crippen LogP contribution in [0.3, 0.4) is 0 Å². The van der Waals surface area contributed by atoms with E-state index in [9.17, 15) is 0 Å². The predicted molar refractivity (Wildman–Crippen MR) is 586 cm³/mol. The zero-order valence-electron chi connectivity index (χ0n) is 82.8. The maximum Gasteiger partial charge on any atom is 0.252 e. The van der Waals surface area contributed by atoms with Crippen molar-refractivity contribution in [3.05, 3.63) is 342 Å². The maximum atomic E-state index is 3.05. The van der Waals surface area contributed by atoms with Gasteiger partial charge in [-0.2, -0.15) is 0 Å². The van der Waals surface area contributed by atoms with E-state index in [1.165, 1.54) is 239 Å². The van der Waals surface area contributed by atoms with Crippen LogP contribution >= 0.6 is 0 Å². The Labute approximate surface area is 816 Å². The highest BCUT2D eigenvalue weighted by Gasteiger charge is 2.66. The van der Waals surface area contributed by atoms with Gasteiger partial charge < -0.3 is 33.3 Å². The van der Waals surface area contributed by atoms with Gasteiger partial charge in [0.25, 0.3) is 20.1 Å². The van der Waals surface area contributed by atoms with Crippen molar-refractivity contribution in [2.45, 2.75) is 231 Å². The second-order valence-corrected chi connectivity index (χ2v) is 47.5. The lowest BCUT2D eigenvalue weighted by atomic mass is 9.33. The highest BCUT2D eigenvalue weighted by Crippen LogP contribution is 2.67. The summed E-state index contributed by atoms with van der Waals surface area (Å²) in [5, 5.41) is 3.92. The Bertz CT molecular complexity index is 8030. The van der Waals surface area contributed by atoms with Gasteiger partial charge >= 0.3 is 0 Å². The molecule has 138 heavy (non-hydrogen) atoms. The fraction of sp³-hybridized carbons (Fsp3) is 0.297. The van der Waals surface area contributed by atoms with Crippen LogP contribution in [0.4, 0.5) is 51.2 Å². The van der Waals surface area contributed by atoms with Gasteiger partial charge in [-0.05, 0) is 304 Å². The minimum absolute atomic E-state index is 0.00755. The zero-order chi connectivity index (χ0) is 93.3. The lowest BCUT2D eigenvalue weighted by Gasteiger charge is -2.55. The van der Waals surface area contributed by atoms with Gasteiger partial charge in [-0.15, -0.1) is 0 Å². The van der Waals surface area contributed by atoms with Crippen molar-refractivity contribution in [3.63, 3.8) is 0 Å². The maximum absolute atomic E-state index is 3.05. The van der Waals surface area contributed by atoms with E-state index in [-0.39, 0.29) is 63.8 Å². The third kappa shape index (κ3) is 11.2. The van der Waals surface area contributed by atoms with E-state index in [4.69, 9.17) is 0 Å². The van der Waals surface area contributed by atoms with Gasteiger partial charge in [-0.1, -0.05) is 319 Å². The number of anilines is 9. The fourth-order valence-corrected chi connectivity index (χ4v) is 30.9. The molecule has 7 unspecified atom stereocenters. The molecule has 12 heterocycles.